The molecule has 0 fully saturated rings. The maximum Gasteiger partial charge on any atom is 0.137 e. The van der Waals surface area contributed by atoms with Gasteiger partial charge in [-0.25, -0.2) is 0 Å². The van der Waals surface area contributed by atoms with Crippen LogP contribution in [0.2, 0.25) is 0 Å². The highest BCUT2D eigenvalue weighted by Crippen LogP contribution is 2.41. The summed E-state index contributed by atoms with van der Waals surface area (Å²) in [5.74, 6) is 0. The van der Waals surface area contributed by atoms with Crippen molar-refractivity contribution in [2.24, 2.45) is 0 Å². The Hall–Kier alpha value is -6.57. The smallest absolute Gasteiger partial charge is 0.137 e. The Morgan fingerprint density at radius 1 is 0.426 bits per heavy atom. The van der Waals surface area contributed by atoms with E-state index in [1.807, 2.05) is 24.3 Å². The third kappa shape index (κ3) is 3.63. The molecule has 0 saturated heterocycles. The lowest BCUT2D eigenvalue weighted by Crippen LogP contribution is -2.00. The van der Waals surface area contributed by atoms with E-state index in [1.165, 1.54) is 10.8 Å². The zero-order valence-electron chi connectivity index (χ0n) is 25.2. The van der Waals surface area contributed by atoms with Gasteiger partial charge >= 0.3 is 0 Å². The third-order valence-electron chi connectivity index (χ3n) is 9.57. The van der Waals surface area contributed by atoms with Crippen molar-refractivity contribution in [3.63, 3.8) is 0 Å². The predicted molar refractivity (Wildman–Crippen MR) is 193 cm³/mol. The lowest BCUT2D eigenvalue weighted by atomic mass is 10.00. The van der Waals surface area contributed by atoms with Gasteiger partial charge in [0.15, 0.2) is 0 Å². The van der Waals surface area contributed by atoms with Gasteiger partial charge in [-0.1, -0.05) is 97.1 Å². The number of nitriles is 1. The highest BCUT2D eigenvalue weighted by molar-refractivity contribution is 6.17. The molecule has 4 nitrogen and oxygen atoms in total. The average molecular weight is 600 g/mol. The van der Waals surface area contributed by atoms with Crippen molar-refractivity contribution in [2.45, 2.75) is 0 Å². The molecule has 10 aromatic rings. The van der Waals surface area contributed by atoms with Crippen LogP contribution in [-0.4, -0.2) is 9.13 Å². The summed E-state index contributed by atoms with van der Waals surface area (Å²) in [4.78, 5) is 0. The molecule has 0 atom stereocenters. The summed E-state index contributed by atoms with van der Waals surface area (Å²) < 4.78 is 10.9. The van der Waals surface area contributed by atoms with Gasteiger partial charge in [-0.05, 0) is 54.1 Å². The van der Waals surface area contributed by atoms with E-state index in [2.05, 4.69) is 143 Å². The quantitative estimate of drug-likeness (QED) is 0.203. The van der Waals surface area contributed by atoms with Crippen LogP contribution >= 0.6 is 0 Å². The standard InChI is InChI=1S/C43H25N3O/c44-26-28-22-21-27(29-11-1-6-16-36(29)45-37-17-7-2-12-30(37)31-13-3-8-18-38(31)45)23-40(28)46-39-19-9-4-14-32(39)34-24-35-33-15-5-10-20-42(33)47-43(35)25-41(34)46/h1-25H. The summed E-state index contributed by atoms with van der Waals surface area (Å²) in [5, 5.41) is 17.3. The van der Waals surface area contributed by atoms with E-state index in [4.69, 9.17) is 4.42 Å². The van der Waals surface area contributed by atoms with Crippen molar-refractivity contribution in [1.82, 2.24) is 9.13 Å². The lowest BCUT2D eigenvalue weighted by molar-refractivity contribution is 0.669. The molecular formula is C43H25N3O. The number of nitrogens with zero attached hydrogens (tertiary/aromatic N) is 3. The first kappa shape index (κ1) is 25.7. The minimum Gasteiger partial charge on any atom is -0.456 e. The molecule has 0 amide bonds. The molecule has 0 aliphatic carbocycles. The molecule has 218 valence electrons. The molecule has 0 N–H and O–H groups in total. The number of rotatable bonds is 3. The second kappa shape index (κ2) is 9.71. The first-order chi connectivity index (χ1) is 23.3. The first-order valence-corrected chi connectivity index (χ1v) is 15.8. The van der Waals surface area contributed by atoms with Gasteiger partial charge in [-0.2, -0.15) is 5.26 Å². The van der Waals surface area contributed by atoms with Crippen molar-refractivity contribution in [1.29, 1.82) is 5.26 Å². The first-order valence-electron chi connectivity index (χ1n) is 15.8. The van der Waals surface area contributed by atoms with Gasteiger partial charge in [-0.3, -0.25) is 0 Å². The van der Waals surface area contributed by atoms with E-state index in [-0.39, 0.29) is 0 Å². The topological polar surface area (TPSA) is 46.8 Å². The summed E-state index contributed by atoms with van der Waals surface area (Å²) >= 11 is 0. The van der Waals surface area contributed by atoms with Crippen molar-refractivity contribution < 1.29 is 4.42 Å². The number of hydrogen-bond donors (Lipinski definition) is 0. The van der Waals surface area contributed by atoms with Gasteiger partial charge in [-0.15, -0.1) is 0 Å². The fourth-order valence-electron chi connectivity index (χ4n) is 7.52. The third-order valence-corrected chi connectivity index (χ3v) is 9.57. The molecule has 3 aromatic heterocycles. The number of benzene rings is 7. The molecule has 47 heavy (non-hydrogen) atoms. The number of aromatic nitrogens is 2. The normalized spacial score (nSPS) is 11.8. The van der Waals surface area contributed by atoms with Crippen molar-refractivity contribution in [2.75, 3.05) is 0 Å². The van der Waals surface area contributed by atoms with E-state index in [0.717, 1.165) is 77.3 Å². The van der Waals surface area contributed by atoms with Crippen molar-refractivity contribution in [3.05, 3.63) is 157 Å². The molecule has 0 bridgehead atoms. The van der Waals surface area contributed by atoms with Crippen LogP contribution in [0.1, 0.15) is 5.56 Å². The minimum atomic E-state index is 0.607. The van der Waals surface area contributed by atoms with Crippen LogP contribution in [0.4, 0.5) is 0 Å². The van der Waals surface area contributed by atoms with Crippen LogP contribution in [0.15, 0.2) is 156 Å². The molecule has 0 unspecified atom stereocenters. The summed E-state index contributed by atoms with van der Waals surface area (Å²) in [6, 6.07) is 55.4. The Labute approximate surface area is 269 Å². The monoisotopic (exact) mass is 599 g/mol. The number of hydrogen-bond acceptors (Lipinski definition) is 2. The Kier molecular flexibility index (Phi) is 5.32. The largest absolute Gasteiger partial charge is 0.456 e. The Morgan fingerprint density at radius 2 is 1.00 bits per heavy atom. The van der Waals surface area contributed by atoms with Crippen molar-refractivity contribution >= 4 is 65.6 Å². The highest BCUT2D eigenvalue weighted by Gasteiger charge is 2.20. The SMILES string of the molecule is N#Cc1ccc(-c2ccccc2-n2c3ccccc3c3ccccc32)cc1-n1c2ccccc2c2cc3c(cc21)oc1ccccc13. The van der Waals surface area contributed by atoms with Gasteiger partial charge in [0.25, 0.3) is 0 Å². The molecule has 0 spiro atoms. The Morgan fingerprint density at radius 3 is 1.70 bits per heavy atom. The van der Waals surface area contributed by atoms with E-state index < -0.39 is 0 Å². The van der Waals surface area contributed by atoms with Crippen LogP contribution in [0.3, 0.4) is 0 Å². The molecule has 4 heteroatoms. The summed E-state index contributed by atoms with van der Waals surface area (Å²) in [6.45, 7) is 0. The molecule has 10 rings (SSSR count). The van der Waals surface area contributed by atoms with Crippen LogP contribution in [0.5, 0.6) is 0 Å². The molecule has 0 radical (unpaired) electrons. The number of furan rings is 1. The molecule has 3 heterocycles. The Bertz CT molecular complexity index is 2880. The lowest BCUT2D eigenvalue weighted by Gasteiger charge is -2.16. The van der Waals surface area contributed by atoms with Crippen LogP contribution in [-0.2, 0) is 0 Å². The zero-order chi connectivity index (χ0) is 31.1. The summed E-state index contributed by atoms with van der Waals surface area (Å²) in [5.41, 5.74) is 10.7. The average Bonchev–Trinajstić information content (AvgIpc) is 3.77. The second-order valence-corrected chi connectivity index (χ2v) is 12.0. The van der Waals surface area contributed by atoms with E-state index in [1.54, 1.807) is 0 Å². The van der Waals surface area contributed by atoms with Gasteiger partial charge in [0.2, 0.25) is 0 Å². The zero-order valence-corrected chi connectivity index (χ0v) is 25.2. The molecule has 0 aliphatic heterocycles. The van der Waals surface area contributed by atoms with Gasteiger partial charge < -0.3 is 13.6 Å². The minimum absolute atomic E-state index is 0.607. The highest BCUT2D eigenvalue weighted by atomic mass is 16.3. The molecular weight excluding hydrogens is 574 g/mol. The summed E-state index contributed by atoms with van der Waals surface area (Å²) in [6.07, 6.45) is 0. The second-order valence-electron chi connectivity index (χ2n) is 12.0. The van der Waals surface area contributed by atoms with E-state index >= 15 is 0 Å². The number of para-hydroxylation sites is 5. The molecule has 0 aliphatic rings. The summed E-state index contributed by atoms with van der Waals surface area (Å²) in [7, 11) is 0. The molecule has 7 aromatic carbocycles. The fourth-order valence-corrected chi connectivity index (χ4v) is 7.52. The maximum absolute atomic E-state index is 10.4. The van der Waals surface area contributed by atoms with Gasteiger partial charge in [0.05, 0.1) is 39.0 Å². The maximum atomic E-state index is 10.4. The van der Waals surface area contributed by atoms with Crippen molar-refractivity contribution in [3.8, 4) is 28.6 Å². The van der Waals surface area contributed by atoms with Gasteiger partial charge in [0.1, 0.15) is 17.2 Å². The van der Waals surface area contributed by atoms with Crippen LogP contribution in [0, 0.1) is 11.3 Å². The molecule has 0 saturated carbocycles. The Balaban J connectivity index is 1.26. The predicted octanol–water partition coefficient (Wildman–Crippen LogP) is 11.3. The number of fused-ring (bicyclic) bond motifs is 9. The van der Waals surface area contributed by atoms with Gasteiger partial charge in [0, 0.05) is 43.9 Å². The van der Waals surface area contributed by atoms with E-state index in [0.29, 0.717) is 5.56 Å². The van der Waals surface area contributed by atoms with Crippen LogP contribution < -0.4 is 0 Å². The van der Waals surface area contributed by atoms with Crippen LogP contribution in [0.25, 0.3) is 88.1 Å². The fraction of sp³-hybridized carbons (Fsp3) is 0. The van der Waals surface area contributed by atoms with E-state index in [9.17, 15) is 5.26 Å².